The van der Waals surface area contributed by atoms with Gasteiger partial charge < -0.3 is 4.90 Å². The average Bonchev–Trinajstić information content (AvgIpc) is 2.87. The van der Waals surface area contributed by atoms with Crippen LogP contribution in [0.3, 0.4) is 0 Å². The standard InChI is InChI=1S/C17H21N5/c1-5-21(6-2)16-14-9-7-8-10-15(14)18-17(19-16)22-13(4)11-12(3)20-22/h7-11H,5-6H2,1-4H3. The predicted molar refractivity (Wildman–Crippen MR) is 89.7 cm³/mol. The number of hydrogen-bond donors (Lipinski definition) is 0. The topological polar surface area (TPSA) is 46.8 Å². The lowest BCUT2D eigenvalue weighted by Crippen LogP contribution is -2.24. The minimum atomic E-state index is 0.631. The summed E-state index contributed by atoms with van der Waals surface area (Å²) in [5, 5.41) is 5.59. The Bertz CT molecular complexity index is 802. The smallest absolute Gasteiger partial charge is 0.253 e. The first-order valence-electron chi connectivity index (χ1n) is 7.69. The number of aromatic nitrogens is 4. The molecule has 114 valence electrons. The number of fused-ring (bicyclic) bond motifs is 1. The molecule has 0 spiro atoms. The normalized spacial score (nSPS) is 11.1. The third kappa shape index (κ3) is 2.43. The molecule has 3 aromatic rings. The van der Waals surface area contributed by atoms with Crippen LogP contribution in [-0.2, 0) is 0 Å². The Hall–Kier alpha value is -2.43. The van der Waals surface area contributed by atoms with Gasteiger partial charge in [-0.25, -0.2) is 9.67 Å². The Kier molecular flexibility index (Phi) is 3.79. The first kappa shape index (κ1) is 14.5. The number of nitrogens with zero attached hydrogens (tertiary/aromatic N) is 5. The molecular weight excluding hydrogens is 274 g/mol. The van der Waals surface area contributed by atoms with Gasteiger partial charge in [-0.3, -0.25) is 0 Å². The molecule has 5 heteroatoms. The van der Waals surface area contributed by atoms with Crippen LogP contribution in [0.1, 0.15) is 25.2 Å². The fraction of sp³-hybridized carbons (Fsp3) is 0.353. The van der Waals surface area contributed by atoms with Gasteiger partial charge in [0.15, 0.2) is 0 Å². The molecule has 0 fully saturated rings. The monoisotopic (exact) mass is 295 g/mol. The molecule has 0 aliphatic carbocycles. The van der Waals surface area contributed by atoms with E-state index in [1.54, 1.807) is 0 Å². The maximum absolute atomic E-state index is 4.80. The molecule has 2 aromatic heterocycles. The zero-order valence-electron chi connectivity index (χ0n) is 13.5. The number of hydrogen-bond acceptors (Lipinski definition) is 4. The largest absolute Gasteiger partial charge is 0.356 e. The van der Waals surface area contributed by atoms with Gasteiger partial charge in [0.2, 0.25) is 0 Å². The summed E-state index contributed by atoms with van der Waals surface area (Å²) < 4.78 is 1.81. The Labute approximate surface area is 130 Å². The summed E-state index contributed by atoms with van der Waals surface area (Å²) in [4.78, 5) is 11.7. The zero-order valence-corrected chi connectivity index (χ0v) is 13.5. The van der Waals surface area contributed by atoms with Gasteiger partial charge in [-0.2, -0.15) is 10.1 Å². The van der Waals surface area contributed by atoms with Crippen LogP contribution in [0.25, 0.3) is 16.9 Å². The van der Waals surface area contributed by atoms with E-state index in [9.17, 15) is 0 Å². The van der Waals surface area contributed by atoms with Gasteiger partial charge in [-0.05, 0) is 45.9 Å². The lowest BCUT2D eigenvalue weighted by atomic mass is 10.2. The van der Waals surface area contributed by atoms with E-state index in [2.05, 4.69) is 29.9 Å². The van der Waals surface area contributed by atoms with Crippen molar-refractivity contribution >= 4 is 16.7 Å². The first-order valence-corrected chi connectivity index (χ1v) is 7.69. The lowest BCUT2D eigenvalue weighted by molar-refractivity contribution is 0.767. The molecule has 0 aliphatic rings. The highest BCUT2D eigenvalue weighted by atomic mass is 15.4. The Morgan fingerprint density at radius 1 is 1.05 bits per heavy atom. The zero-order chi connectivity index (χ0) is 15.7. The summed E-state index contributed by atoms with van der Waals surface area (Å²) in [6, 6.07) is 10.2. The molecule has 0 saturated heterocycles. The van der Waals surface area contributed by atoms with Gasteiger partial charge in [0.1, 0.15) is 5.82 Å². The van der Waals surface area contributed by atoms with Gasteiger partial charge in [0, 0.05) is 24.2 Å². The minimum Gasteiger partial charge on any atom is -0.356 e. The number of rotatable bonds is 4. The molecule has 22 heavy (non-hydrogen) atoms. The van der Waals surface area contributed by atoms with Crippen LogP contribution >= 0.6 is 0 Å². The minimum absolute atomic E-state index is 0.631. The van der Waals surface area contributed by atoms with Crippen LogP contribution in [0.4, 0.5) is 5.82 Å². The summed E-state index contributed by atoms with van der Waals surface area (Å²) in [6.45, 7) is 10.1. The van der Waals surface area contributed by atoms with Crippen LogP contribution in [0.2, 0.25) is 0 Å². The van der Waals surface area contributed by atoms with Crippen LogP contribution in [0.5, 0.6) is 0 Å². The molecule has 0 saturated carbocycles. The van der Waals surface area contributed by atoms with Crippen molar-refractivity contribution in [1.82, 2.24) is 19.7 Å². The van der Waals surface area contributed by atoms with Crippen LogP contribution in [0.15, 0.2) is 30.3 Å². The van der Waals surface area contributed by atoms with Crippen molar-refractivity contribution in [2.24, 2.45) is 0 Å². The maximum atomic E-state index is 4.80. The highest BCUT2D eigenvalue weighted by molar-refractivity contribution is 5.90. The second-order valence-corrected chi connectivity index (χ2v) is 5.38. The molecule has 0 amide bonds. The summed E-state index contributed by atoms with van der Waals surface area (Å²) in [7, 11) is 0. The molecule has 5 nitrogen and oxygen atoms in total. The molecule has 2 heterocycles. The summed E-state index contributed by atoms with van der Waals surface area (Å²) in [5.41, 5.74) is 2.96. The fourth-order valence-electron chi connectivity index (χ4n) is 2.74. The number of para-hydroxylation sites is 1. The number of benzene rings is 1. The average molecular weight is 295 g/mol. The maximum Gasteiger partial charge on any atom is 0.253 e. The number of aryl methyl sites for hydroxylation is 2. The van der Waals surface area contributed by atoms with Gasteiger partial charge in [0.05, 0.1) is 11.2 Å². The van der Waals surface area contributed by atoms with E-state index >= 15 is 0 Å². The Balaban J connectivity index is 2.27. The second kappa shape index (κ2) is 5.75. The van der Waals surface area contributed by atoms with E-state index in [1.807, 2.05) is 42.8 Å². The highest BCUT2D eigenvalue weighted by Gasteiger charge is 2.14. The molecule has 3 rings (SSSR count). The SMILES string of the molecule is CCN(CC)c1nc(-n2nc(C)cc2C)nc2ccccc12. The molecule has 1 aromatic carbocycles. The van der Waals surface area contributed by atoms with E-state index in [1.165, 1.54) is 0 Å². The van der Waals surface area contributed by atoms with Crippen molar-refractivity contribution in [2.75, 3.05) is 18.0 Å². The van der Waals surface area contributed by atoms with Crippen molar-refractivity contribution in [1.29, 1.82) is 0 Å². The molecular formula is C17H21N5. The first-order chi connectivity index (χ1) is 10.6. The van der Waals surface area contributed by atoms with E-state index in [0.29, 0.717) is 5.95 Å². The molecule has 0 radical (unpaired) electrons. The van der Waals surface area contributed by atoms with Gasteiger partial charge >= 0.3 is 0 Å². The van der Waals surface area contributed by atoms with Crippen molar-refractivity contribution in [3.8, 4) is 5.95 Å². The third-order valence-electron chi connectivity index (χ3n) is 3.83. The Morgan fingerprint density at radius 2 is 1.77 bits per heavy atom. The molecule has 0 aliphatic heterocycles. The molecule has 0 N–H and O–H groups in total. The fourth-order valence-corrected chi connectivity index (χ4v) is 2.74. The lowest BCUT2D eigenvalue weighted by Gasteiger charge is -2.22. The second-order valence-electron chi connectivity index (χ2n) is 5.38. The summed E-state index contributed by atoms with van der Waals surface area (Å²) >= 11 is 0. The van der Waals surface area contributed by atoms with Crippen LogP contribution in [0, 0.1) is 13.8 Å². The molecule has 0 bridgehead atoms. The van der Waals surface area contributed by atoms with E-state index < -0.39 is 0 Å². The summed E-state index contributed by atoms with van der Waals surface area (Å²) in [6.07, 6.45) is 0. The van der Waals surface area contributed by atoms with Gasteiger partial charge in [-0.1, -0.05) is 12.1 Å². The predicted octanol–water partition coefficient (Wildman–Crippen LogP) is 3.28. The summed E-state index contributed by atoms with van der Waals surface area (Å²) in [5.74, 6) is 1.60. The van der Waals surface area contributed by atoms with E-state index in [0.717, 1.165) is 41.2 Å². The van der Waals surface area contributed by atoms with Crippen molar-refractivity contribution < 1.29 is 0 Å². The van der Waals surface area contributed by atoms with Crippen LogP contribution < -0.4 is 4.90 Å². The third-order valence-corrected chi connectivity index (χ3v) is 3.83. The van der Waals surface area contributed by atoms with Crippen LogP contribution in [-0.4, -0.2) is 32.8 Å². The van der Waals surface area contributed by atoms with Crippen molar-refractivity contribution in [3.05, 3.63) is 41.7 Å². The van der Waals surface area contributed by atoms with Crippen molar-refractivity contribution in [3.63, 3.8) is 0 Å². The molecule has 0 unspecified atom stereocenters. The quantitative estimate of drug-likeness (QED) is 0.741. The van der Waals surface area contributed by atoms with E-state index in [-0.39, 0.29) is 0 Å². The number of anilines is 1. The van der Waals surface area contributed by atoms with Crippen molar-refractivity contribution in [2.45, 2.75) is 27.7 Å². The molecule has 0 atom stereocenters. The van der Waals surface area contributed by atoms with Gasteiger partial charge in [-0.15, -0.1) is 0 Å². The Morgan fingerprint density at radius 3 is 2.41 bits per heavy atom. The highest BCUT2D eigenvalue weighted by Crippen LogP contribution is 2.25. The van der Waals surface area contributed by atoms with E-state index in [4.69, 9.17) is 9.97 Å². The van der Waals surface area contributed by atoms with Gasteiger partial charge in [0.25, 0.3) is 5.95 Å².